The van der Waals surface area contributed by atoms with Gasteiger partial charge in [0.2, 0.25) is 0 Å². The van der Waals surface area contributed by atoms with Gasteiger partial charge in [-0.2, -0.15) is 0 Å². The van der Waals surface area contributed by atoms with Crippen molar-refractivity contribution in [1.82, 2.24) is 0 Å². The quantitative estimate of drug-likeness (QED) is 0.788. The Labute approximate surface area is 102 Å². The van der Waals surface area contributed by atoms with E-state index in [0.717, 1.165) is 37.0 Å². The molecule has 0 saturated carbocycles. The van der Waals surface area contributed by atoms with Crippen LogP contribution in [0.1, 0.15) is 49.0 Å². The van der Waals surface area contributed by atoms with Crippen molar-refractivity contribution in [3.05, 3.63) is 29.3 Å². The van der Waals surface area contributed by atoms with E-state index in [0.29, 0.717) is 12.2 Å². The lowest BCUT2D eigenvalue weighted by atomic mass is 10.0. The van der Waals surface area contributed by atoms with Crippen LogP contribution >= 0.6 is 0 Å². The topological polar surface area (TPSA) is 46.5 Å². The van der Waals surface area contributed by atoms with Crippen molar-refractivity contribution in [3.8, 4) is 5.75 Å². The Morgan fingerprint density at radius 2 is 2.06 bits per heavy atom. The minimum absolute atomic E-state index is 0.368. The number of aromatic carboxylic acids is 1. The Hall–Kier alpha value is -1.51. The van der Waals surface area contributed by atoms with E-state index in [1.54, 1.807) is 12.1 Å². The third-order valence-corrected chi connectivity index (χ3v) is 2.61. The van der Waals surface area contributed by atoms with E-state index in [2.05, 4.69) is 6.92 Å². The highest BCUT2D eigenvalue weighted by Gasteiger charge is 2.14. The Kier molecular flexibility index (Phi) is 5.53. The maximum Gasteiger partial charge on any atom is 0.336 e. The first-order valence-corrected chi connectivity index (χ1v) is 6.18. The lowest BCUT2D eigenvalue weighted by Crippen LogP contribution is -2.06. The number of carbonyl (C=O) groups is 1. The smallest absolute Gasteiger partial charge is 0.336 e. The number of ether oxygens (including phenoxy) is 1. The average molecular weight is 236 g/mol. The van der Waals surface area contributed by atoms with Crippen molar-refractivity contribution in [1.29, 1.82) is 0 Å². The molecular formula is C14H20O3. The first-order valence-electron chi connectivity index (χ1n) is 6.18. The van der Waals surface area contributed by atoms with Gasteiger partial charge in [-0.1, -0.05) is 26.3 Å². The fourth-order valence-corrected chi connectivity index (χ4v) is 1.72. The van der Waals surface area contributed by atoms with Crippen molar-refractivity contribution in [2.24, 2.45) is 0 Å². The van der Waals surface area contributed by atoms with Crippen LogP contribution in [0, 0.1) is 0 Å². The molecule has 17 heavy (non-hydrogen) atoms. The van der Waals surface area contributed by atoms with Crippen molar-refractivity contribution in [2.45, 2.75) is 39.5 Å². The Bertz CT molecular complexity index is 372. The lowest BCUT2D eigenvalue weighted by molar-refractivity contribution is 0.0695. The Morgan fingerprint density at radius 3 is 2.65 bits per heavy atom. The molecule has 0 bridgehead atoms. The van der Waals surface area contributed by atoms with E-state index < -0.39 is 5.97 Å². The van der Waals surface area contributed by atoms with Crippen LogP contribution in [0.5, 0.6) is 5.75 Å². The fourth-order valence-electron chi connectivity index (χ4n) is 1.72. The summed E-state index contributed by atoms with van der Waals surface area (Å²) in [5.41, 5.74) is 1.20. The van der Waals surface area contributed by atoms with Crippen molar-refractivity contribution in [3.63, 3.8) is 0 Å². The first kappa shape index (κ1) is 13.6. The molecule has 0 aliphatic heterocycles. The molecule has 0 aliphatic carbocycles. The molecule has 0 saturated heterocycles. The molecule has 0 amide bonds. The van der Waals surface area contributed by atoms with Gasteiger partial charge in [-0.3, -0.25) is 0 Å². The molecule has 0 aliphatic rings. The number of hydrogen-bond acceptors (Lipinski definition) is 2. The fraction of sp³-hybridized carbons (Fsp3) is 0.500. The minimum Gasteiger partial charge on any atom is -0.493 e. The first-order chi connectivity index (χ1) is 8.20. The van der Waals surface area contributed by atoms with Crippen LogP contribution in [0.2, 0.25) is 0 Å². The second kappa shape index (κ2) is 6.94. The molecule has 0 spiro atoms. The van der Waals surface area contributed by atoms with E-state index >= 15 is 0 Å². The second-order valence-electron chi connectivity index (χ2n) is 4.04. The number of unbranched alkanes of at least 4 members (excludes halogenated alkanes) is 1. The molecular weight excluding hydrogens is 216 g/mol. The normalized spacial score (nSPS) is 10.2. The van der Waals surface area contributed by atoms with Gasteiger partial charge in [0.05, 0.1) is 12.2 Å². The van der Waals surface area contributed by atoms with E-state index in [9.17, 15) is 4.79 Å². The molecule has 3 heteroatoms. The molecule has 0 unspecified atom stereocenters. The van der Waals surface area contributed by atoms with E-state index in [4.69, 9.17) is 9.84 Å². The second-order valence-corrected chi connectivity index (χ2v) is 4.04. The number of hydrogen-bond donors (Lipinski definition) is 1. The Balaban J connectivity index is 3.00. The predicted molar refractivity (Wildman–Crippen MR) is 67.8 cm³/mol. The van der Waals surface area contributed by atoms with Crippen molar-refractivity contribution in [2.75, 3.05) is 6.61 Å². The van der Waals surface area contributed by atoms with Crippen LogP contribution in [0.15, 0.2) is 18.2 Å². The van der Waals surface area contributed by atoms with Crippen molar-refractivity contribution < 1.29 is 14.6 Å². The molecule has 0 atom stereocenters. The Morgan fingerprint density at radius 1 is 1.29 bits per heavy atom. The number of carboxylic acids is 1. The summed E-state index contributed by atoms with van der Waals surface area (Å²) in [4.78, 5) is 11.2. The van der Waals surface area contributed by atoms with Crippen LogP contribution in [-0.4, -0.2) is 17.7 Å². The molecule has 94 valence electrons. The maximum absolute atomic E-state index is 11.2. The largest absolute Gasteiger partial charge is 0.493 e. The summed E-state index contributed by atoms with van der Waals surface area (Å²) in [6.07, 6.45) is 3.70. The van der Waals surface area contributed by atoms with Crippen LogP contribution in [0.4, 0.5) is 0 Å². The molecule has 3 nitrogen and oxygen atoms in total. The predicted octanol–water partition coefficient (Wildman–Crippen LogP) is 3.52. The van der Waals surface area contributed by atoms with Gasteiger partial charge >= 0.3 is 5.97 Å². The average Bonchev–Trinajstić information content (AvgIpc) is 2.33. The summed E-state index contributed by atoms with van der Waals surface area (Å²) in [7, 11) is 0. The van der Waals surface area contributed by atoms with Crippen molar-refractivity contribution >= 4 is 5.97 Å². The standard InChI is InChI=1S/C14H20O3/c1-3-5-7-11-12(14(15)16)8-6-9-13(11)17-10-4-2/h6,8-9H,3-5,7,10H2,1-2H3,(H,15,16). The van der Waals surface area contributed by atoms with Gasteiger partial charge in [-0.25, -0.2) is 4.79 Å². The molecule has 1 aromatic carbocycles. The molecule has 1 rings (SSSR count). The van der Waals surface area contributed by atoms with Gasteiger partial charge in [-0.05, 0) is 31.4 Å². The zero-order valence-corrected chi connectivity index (χ0v) is 10.5. The monoisotopic (exact) mass is 236 g/mol. The third-order valence-electron chi connectivity index (χ3n) is 2.61. The highest BCUT2D eigenvalue weighted by atomic mass is 16.5. The highest BCUT2D eigenvalue weighted by molar-refractivity contribution is 5.90. The summed E-state index contributed by atoms with van der Waals surface area (Å²) in [6, 6.07) is 5.24. The molecule has 1 N–H and O–H groups in total. The van der Waals surface area contributed by atoms with Gasteiger partial charge in [-0.15, -0.1) is 0 Å². The van der Waals surface area contributed by atoms with E-state index in [1.807, 2.05) is 13.0 Å². The SMILES string of the molecule is CCCCc1c(OCCC)cccc1C(=O)O. The summed E-state index contributed by atoms with van der Waals surface area (Å²) in [6.45, 7) is 4.75. The lowest BCUT2D eigenvalue weighted by Gasteiger charge is -2.13. The van der Waals surface area contributed by atoms with Crippen LogP contribution < -0.4 is 4.74 Å². The van der Waals surface area contributed by atoms with E-state index in [1.165, 1.54) is 0 Å². The summed E-state index contributed by atoms with van der Waals surface area (Å²) < 4.78 is 5.61. The van der Waals surface area contributed by atoms with Crippen LogP contribution in [-0.2, 0) is 6.42 Å². The van der Waals surface area contributed by atoms with Gasteiger partial charge in [0, 0.05) is 5.56 Å². The summed E-state index contributed by atoms with van der Waals surface area (Å²) in [5, 5.41) is 9.16. The number of carboxylic acid groups (broad SMARTS) is 1. The van der Waals surface area contributed by atoms with Gasteiger partial charge in [0.25, 0.3) is 0 Å². The highest BCUT2D eigenvalue weighted by Crippen LogP contribution is 2.25. The minimum atomic E-state index is -0.877. The third kappa shape index (κ3) is 3.77. The van der Waals surface area contributed by atoms with Gasteiger partial charge in [0.15, 0.2) is 0 Å². The zero-order chi connectivity index (χ0) is 12.7. The van der Waals surface area contributed by atoms with Gasteiger partial charge < -0.3 is 9.84 Å². The molecule has 0 aromatic heterocycles. The van der Waals surface area contributed by atoms with E-state index in [-0.39, 0.29) is 0 Å². The van der Waals surface area contributed by atoms with Gasteiger partial charge in [0.1, 0.15) is 5.75 Å². The maximum atomic E-state index is 11.2. The summed E-state index contributed by atoms with van der Waals surface area (Å²) in [5.74, 6) is -0.154. The zero-order valence-electron chi connectivity index (χ0n) is 10.5. The summed E-state index contributed by atoms with van der Waals surface area (Å²) >= 11 is 0. The molecule has 1 aromatic rings. The molecule has 0 heterocycles. The molecule has 0 radical (unpaired) electrons. The number of rotatable bonds is 7. The number of benzene rings is 1. The van der Waals surface area contributed by atoms with Crippen LogP contribution in [0.3, 0.4) is 0 Å². The van der Waals surface area contributed by atoms with Crippen LogP contribution in [0.25, 0.3) is 0 Å². The molecule has 0 fully saturated rings.